The highest BCUT2D eigenvalue weighted by atomic mass is 35.5. The molecule has 0 saturated carbocycles. The van der Waals surface area contributed by atoms with Crippen molar-refractivity contribution < 1.29 is 17.9 Å². The van der Waals surface area contributed by atoms with Gasteiger partial charge in [0.2, 0.25) is 15.9 Å². The summed E-state index contributed by atoms with van der Waals surface area (Å²) in [6.45, 7) is 2.92. The lowest BCUT2D eigenvalue weighted by Gasteiger charge is -2.26. The number of nitrogens with one attached hydrogen (secondary N) is 2. The number of ether oxygens (including phenoxy) is 1. The zero-order valence-corrected chi connectivity index (χ0v) is 15.4. The quantitative estimate of drug-likeness (QED) is 0.709. The van der Waals surface area contributed by atoms with Gasteiger partial charge in [-0.3, -0.25) is 4.79 Å². The Morgan fingerprint density at radius 1 is 1.33 bits per heavy atom. The van der Waals surface area contributed by atoms with Crippen molar-refractivity contribution >= 4 is 34.0 Å². The Bertz CT molecular complexity index is 675. The van der Waals surface area contributed by atoms with E-state index < -0.39 is 16.1 Å². The van der Waals surface area contributed by atoms with Crippen LogP contribution in [0.5, 0.6) is 0 Å². The van der Waals surface area contributed by atoms with Crippen molar-refractivity contribution in [3.8, 4) is 0 Å². The van der Waals surface area contributed by atoms with E-state index in [1.165, 1.54) is 13.1 Å². The third-order valence-electron chi connectivity index (χ3n) is 4.09. The fourth-order valence-electron chi connectivity index (χ4n) is 2.59. The van der Waals surface area contributed by atoms with Crippen LogP contribution in [0, 0.1) is 12.8 Å². The highest BCUT2D eigenvalue weighted by Crippen LogP contribution is 2.22. The van der Waals surface area contributed by atoms with Crippen molar-refractivity contribution in [3.05, 3.63) is 23.8 Å². The third kappa shape index (κ3) is 4.90. The van der Waals surface area contributed by atoms with Crippen molar-refractivity contribution in [2.45, 2.75) is 30.7 Å². The van der Waals surface area contributed by atoms with E-state index in [0.717, 1.165) is 12.8 Å². The number of nitrogens with two attached hydrogens (primary N) is 1. The fourth-order valence-corrected chi connectivity index (χ4v) is 3.59. The molecule has 1 atom stereocenters. The molecule has 7 nitrogen and oxygen atoms in total. The number of benzene rings is 1. The Morgan fingerprint density at radius 3 is 2.54 bits per heavy atom. The number of carbonyl (C=O) groups excluding carboxylic acids is 1. The van der Waals surface area contributed by atoms with Crippen molar-refractivity contribution in [1.82, 2.24) is 4.72 Å². The van der Waals surface area contributed by atoms with Gasteiger partial charge in [0.05, 0.1) is 10.9 Å². The summed E-state index contributed by atoms with van der Waals surface area (Å²) in [5.41, 5.74) is 7.04. The van der Waals surface area contributed by atoms with E-state index in [2.05, 4.69) is 10.0 Å². The van der Waals surface area contributed by atoms with Crippen molar-refractivity contribution in [3.63, 3.8) is 0 Å². The van der Waals surface area contributed by atoms with Gasteiger partial charge < -0.3 is 15.8 Å². The Labute approximate surface area is 148 Å². The van der Waals surface area contributed by atoms with Gasteiger partial charge in [-0.2, -0.15) is 0 Å². The van der Waals surface area contributed by atoms with Gasteiger partial charge >= 0.3 is 0 Å². The zero-order chi connectivity index (χ0) is 17.0. The summed E-state index contributed by atoms with van der Waals surface area (Å²) in [4.78, 5) is 12.4. The highest BCUT2D eigenvalue weighted by molar-refractivity contribution is 7.89. The van der Waals surface area contributed by atoms with Gasteiger partial charge in [-0.05, 0) is 50.4 Å². The molecule has 1 aromatic rings. The van der Waals surface area contributed by atoms with E-state index in [4.69, 9.17) is 10.5 Å². The van der Waals surface area contributed by atoms with E-state index in [0.29, 0.717) is 24.5 Å². The van der Waals surface area contributed by atoms with Crippen molar-refractivity contribution in [2.24, 2.45) is 11.7 Å². The maximum atomic E-state index is 12.3. The predicted molar refractivity (Wildman–Crippen MR) is 94.8 cm³/mol. The largest absolute Gasteiger partial charge is 0.381 e. The maximum Gasteiger partial charge on any atom is 0.241 e. The summed E-state index contributed by atoms with van der Waals surface area (Å²) < 4.78 is 31.5. The Kier molecular flexibility index (Phi) is 7.62. The highest BCUT2D eigenvalue weighted by Gasteiger charge is 2.27. The second kappa shape index (κ2) is 8.77. The monoisotopic (exact) mass is 377 g/mol. The molecule has 2 rings (SSSR count). The van der Waals surface area contributed by atoms with Crippen molar-refractivity contribution in [2.75, 3.05) is 25.6 Å². The van der Waals surface area contributed by atoms with Gasteiger partial charge in [-0.1, -0.05) is 6.07 Å². The van der Waals surface area contributed by atoms with Crippen LogP contribution in [0.4, 0.5) is 5.69 Å². The summed E-state index contributed by atoms with van der Waals surface area (Å²) in [5.74, 6) is -0.233. The van der Waals surface area contributed by atoms with Crippen LogP contribution in [0.1, 0.15) is 18.4 Å². The number of halogens is 1. The standard InChI is InChI=1S/C15H23N3O4S.ClH/c1-10-3-4-12(9-13(10)23(20,21)17-2)18-15(19)14(16)11-5-7-22-8-6-11;/h3-4,9,11,14,17H,5-8,16H2,1-2H3,(H,18,19);1H. The Balaban J connectivity index is 0.00000288. The van der Waals surface area contributed by atoms with E-state index in [1.54, 1.807) is 19.1 Å². The van der Waals surface area contributed by atoms with Crippen LogP contribution in [-0.4, -0.2) is 40.6 Å². The number of sulfonamides is 1. The fraction of sp³-hybridized carbons (Fsp3) is 0.533. The molecule has 4 N–H and O–H groups in total. The Hall–Kier alpha value is -1.19. The van der Waals surface area contributed by atoms with Gasteiger partial charge in [-0.25, -0.2) is 13.1 Å². The molecule has 1 aromatic carbocycles. The molecule has 24 heavy (non-hydrogen) atoms. The molecule has 9 heteroatoms. The number of amides is 1. The molecule has 1 aliphatic heterocycles. The van der Waals surface area contributed by atoms with Crippen LogP contribution >= 0.6 is 12.4 Å². The minimum absolute atomic E-state index is 0. The molecule has 1 unspecified atom stereocenters. The van der Waals surface area contributed by atoms with Crippen LogP contribution in [0.15, 0.2) is 23.1 Å². The molecule has 1 fully saturated rings. The number of aryl methyl sites for hydroxylation is 1. The molecule has 1 heterocycles. The molecule has 1 saturated heterocycles. The summed E-state index contributed by atoms with van der Waals surface area (Å²) in [7, 11) is -2.23. The second-order valence-electron chi connectivity index (χ2n) is 5.65. The summed E-state index contributed by atoms with van der Waals surface area (Å²) >= 11 is 0. The normalized spacial score (nSPS) is 17.0. The summed E-state index contributed by atoms with van der Waals surface area (Å²) in [6, 6.07) is 4.12. The van der Waals surface area contributed by atoms with Crippen LogP contribution in [0.25, 0.3) is 0 Å². The lowest BCUT2D eigenvalue weighted by atomic mass is 9.92. The van der Waals surface area contributed by atoms with E-state index >= 15 is 0 Å². The molecule has 0 aromatic heterocycles. The number of carbonyl (C=O) groups is 1. The SMILES string of the molecule is CNS(=O)(=O)c1cc(NC(=O)C(N)C2CCOCC2)ccc1C.Cl. The van der Waals surface area contributed by atoms with Crippen LogP contribution < -0.4 is 15.8 Å². The van der Waals surface area contributed by atoms with E-state index in [9.17, 15) is 13.2 Å². The topological polar surface area (TPSA) is 111 Å². The van der Waals surface area contributed by atoms with E-state index in [-0.39, 0.29) is 29.1 Å². The van der Waals surface area contributed by atoms with Crippen LogP contribution in [0.3, 0.4) is 0 Å². The minimum atomic E-state index is -3.58. The summed E-state index contributed by atoms with van der Waals surface area (Å²) in [6.07, 6.45) is 1.50. The first kappa shape index (κ1) is 20.9. The molecule has 136 valence electrons. The lowest BCUT2D eigenvalue weighted by molar-refractivity contribution is -0.119. The van der Waals surface area contributed by atoms with Crippen LogP contribution in [0.2, 0.25) is 0 Å². The van der Waals surface area contributed by atoms with Gasteiger partial charge in [0, 0.05) is 18.9 Å². The average molecular weight is 378 g/mol. The maximum absolute atomic E-state index is 12.3. The van der Waals surface area contributed by atoms with Gasteiger partial charge in [-0.15, -0.1) is 12.4 Å². The molecular weight excluding hydrogens is 354 g/mol. The number of rotatable bonds is 5. The molecular formula is C15H24ClN3O4S. The van der Waals surface area contributed by atoms with Gasteiger partial charge in [0.25, 0.3) is 0 Å². The molecule has 0 aliphatic carbocycles. The first-order valence-corrected chi connectivity index (χ1v) is 9.02. The lowest BCUT2D eigenvalue weighted by Crippen LogP contribution is -2.44. The number of hydrogen-bond donors (Lipinski definition) is 3. The molecule has 0 spiro atoms. The minimum Gasteiger partial charge on any atom is -0.381 e. The predicted octanol–water partition coefficient (Wildman–Crippen LogP) is 1.02. The zero-order valence-electron chi connectivity index (χ0n) is 13.7. The van der Waals surface area contributed by atoms with E-state index in [1.807, 2.05) is 0 Å². The molecule has 0 radical (unpaired) electrons. The smallest absolute Gasteiger partial charge is 0.241 e. The molecule has 0 bridgehead atoms. The van der Waals surface area contributed by atoms with Crippen LogP contribution in [-0.2, 0) is 19.6 Å². The Morgan fingerprint density at radius 2 is 1.96 bits per heavy atom. The third-order valence-corrected chi connectivity index (χ3v) is 5.65. The number of hydrogen-bond acceptors (Lipinski definition) is 5. The van der Waals surface area contributed by atoms with Gasteiger partial charge in [0.15, 0.2) is 0 Å². The second-order valence-corrected chi connectivity index (χ2v) is 7.51. The van der Waals surface area contributed by atoms with Crippen molar-refractivity contribution in [1.29, 1.82) is 0 Å². The molecule has 1 amide bonds. The molecule has 1 aliphatic rings. The average Bonchev–Trinajstić information content (AvgIpc) is 2.56. The van der Waals surface area contributed by atoms with Gasteiger partial charge in [0.1, 0.15) is 0 Å². The first-order chi connectivity index (χ1) is 10.8. The summed E-state index contributed by atoms with van der Waals surface area (Å²) in [5, 5.41) is 2.71. The first-order valence-electron chi connectivity index (χ1n) is 7.53. The number of anilines is 1.